The van der Waals surface area contributed by atoms with Crippen molar-refractivity contribution in [1.82, 2.24) is 5.32 Å². The summed E-state index contributed by atoms with van der Waals surface area (Å²) in [6.07, 6.45) is 10.2. The Balaban J connectivity index is 2.30. The molecular formula is C14H29N. The third-order valence-electron chi connectivity index (χ3n) is 3.78. The van der Waals surface area contributed by atoms with E-state index in [1.165, 1.54) is 51.5 Å². The molecule has 0 heterocycles. The van der Waals surface area contributed by atoms with Gasteiger partial charge in [-0.25, -0.2) is 0 Å². The standard InChI is InChI=1S/C14H29N/c1-4-5-8-14(11-15-12(2)3)13-9-6-7-10-13/h12-15H,4-11H2,1-3H3. The summed E-state index contributed by atoms with van der Waals surface area (Å²) in [5.41, 5.74) is 0. The van der Waals surface area contributed by atoms with E-state index in [0.717, 1.165) is 11.8 Å². The van der Waals surface area contributed by atoms with Gasteiger partial charge in [-0.1, -0.05) is 59.3 Å². The summed E-state index contributed by atoms with van der Waals surface area (Å²) in [4.78, 5) is 0. The Morgan fingerprint density at radius 1 is 1.20 bits per heavy atom. The van der Waals surface area contributed by atoms with Crippen molar-refractivity contribution in [2.75, 3.05) is 6.54 Å². The Bertz CT molecular complexity index is 147. The lowest BCUT2D eigenvalue weighted by molar-refractivity contribution is 0.291. The monoisotopic (exact) mass is 211 g/mol. The minimum absolute atomic E-state index is 0.649. The minimum atomic E-state index is 0.649. The molecule has 0 spiro atoms. The maximum Gasteiger partial charge on any atom is 0.00104 e. The fraction of sp³-hybridized carbons (Fsp3) is 1.00. The molecule has 90 valence electrons. The third-order valence-corrected chi connectivity index (χ3v) is 3.78. The molecule has 0 saturated heterocycles. The first-order chi connectivity index (χ1) is 7.24. The van der Waals surface area contributed by atoms with Gasteiger partial charge in [-0.05, 0) is 24.8 Å². The van der Waals surface area contributed by atoms with Crippen LogP contribution in [0.5, 0.6) is 0 Å². The Kier molecular flexibility index (Phi) is 6.31. The van der Waals surface area contributed by atoms with Gasteiger partial charge in [-0.15, -0.1) is 0 Å². The quantitative estimate of drug-likeness (QED) is 0.671. The first-order valence-electron chi connectivity index (χ1n) is 6.97. The van der Waals surface area contributed by atoms with E-state index in [4.69, 9.17) is 0 Å². The van der Waals surface area contributed by atoms with Crippen molar-refractivity contribution in [3.63, 3.8) is 0 Å². The molecule has 0 aromatic rings. The van der Waals surface area contributed by atoms with E-state index in [-0.39, 0.29) is 0 Å². The average Bonchev–Trinajstić information content (AvgIpc) is 2.71. The third kappa shape index (κ3) is 5.01. The molecule has 0 aromatic heterocycles. The maximum absolute atomic E-state index is 3.63. The van der Waals surface area contributed by atoms with Crippen LogP contribution in [0, 0.1) is 11.8 Å². The lowest BCUT2D eigenvalue weighted by Crippen LogP contribution is -2.32. The zero-order valence-electron chi connectivity index (χ0n) is 10.9. The second kappa shape index (κ2) is 7.27. The number of nitrogens with one attached hydrogen (secondary N) is 1. The molecule has 1 rings (SSSR count). The molecule has 1 saturated carbocycles. The van der Waals surface area contributed by atoms with E-state index in [9.17, 15) is 0 Å². The van der Waals surface area contributed by atoms with Crippen molar-refractivity contribution in [2.45, 2.75) is 71.8 Å². The molecule has 1 atom stereocenters. The van der Waals surface area contributed by atoms with Crippen LogP contribution in [-0.4, -0.2) is 12.6 Å². The van der Waals surface area contributed by atoms with Gasteiger partial charge in [0, 0.05) is 6.04 Å². The molecule has 15 heavy (non-hydrogen) atoms. The van der Waals surface area contributed by atoms with E-state index in [1.54, 1.807) is 0 Å². The van der Waals surface area contributed by atoms with Crippen LogP contribution < -0.4 is 5.32 Å². The van der Waals surface area contributed by atoms with Gasteiger partial charge >= 0.3 is 0 Å². The predicted octanol–water partition coefficient (Wildman–Crippen LogP) is 3.98. The highest BCUT2D eigenvalue weighted by Crippen LogP contribution is 2.33. The highest BCUT2D eigenvalue weighted by molar-refractivity contribution is 4.77. The van der Waals surface area contributed by atoms with Crippen LogP contribution in [0.2, 0.25) is 0 Å². The lowest BCUT2D eigenvalue weighted by Gasteiger charge is -2.24. The summed E-state index contributed by atoms with van der Waals surface area (Å²) in [7, 11) is 0. The zero-order chi connectivity index (χ0) is 11.1. The first kappa shape index (κ1) is 13.0. The van der Waals surface area contributed by atoms with Gasteiger partial charge in [0.2, 0.25) is 0 Å². The van der Waals surface area contributed by atoms with E-state index < -0.39 is 0 Å². The van der Waals surface area contributed by atoms with Crippen molar-refractivity contribution in [3.8, 4) is 0 Å². The number of hydrogen-bond donors (Lipinski definition) is 1. The summed E-state index contributed by atoms with van der Waals surface area (Å²) >= 11 is 0. The Morgan fingerprint density at radius 2 is 1.87 bits per heavy atom. The van der Waals surface area contributed by atoms with E-state index >= 15 is 0 Å². The fourth-order valence-electron chi connectivity index (χ4n) is 2.79. The predicted molar refractivity (Wildman–Crippen MR) is 68.1 cm³/mol. The van der Waals surface area contributed by atoms with Crippen LogP contribution in [0.3, 0.4) is 0 Å². The van der Waals surface area contributed by atoms with Crippen molar-refractivity contribution >= 4 is 0 Å². The van der Waals surface area contributed by atoms with Crippen molar-refractivity contribution in [3.05, 3.63) is 0 Å². The second-order valence-electron chi connectivity index (χ2n) is 5.51. The topological polar surface area (TPSA) is 12.0 Å². The van der Waals surface area contributed by atoms with Crippen LogP contribution in [0.15, 0.2) is 0 Å². The van der Waals surface area contributed by atoms with Crippen LogP contribution in [0.4, 0.5) is 0 Å². The second-order valence-corrected chi connectivity index (χ2v) is 5.51. The molecule has 1 nitrogen and oxygen atoms in total. The van der Waals surface area contributed by atoms with Gasteiger partial charge in [0.05, 0.1) is 0 Å². The molecule has 0 amide bonds. The van der Waals surface area contributed by atoms with Gasteiger partial charge in [-0.3, -0.25) is 0 Å². The maximum atomic E-state index is 3.63. The summed E-state index contributed by atoms with van der Waals surface area (Å²) in [5.74, 6) is 1.98. The summed E-state index contributed by atoms with van der Waals surface area (Å²) < 4.78 is 0. The number of unbranched alkanes of at least 4 members (excludes halogenated alkanes) is 1. The smallest absolute Gasteiger partial charge is 0.00104 e. The molecule has 0 radical (unpaired) electrons. The molecule has 1 heteroatoms. The van der Waals surface area contributed by atoms with Gasteiger partial charge in [0.1, 0.15) is 0 Å². The van der Waals surface area contributed by atoms with Crippen LogP contribution in [-0.2, 0) is 0 Å². The number of rotatable bonds is 7. The van der Waals surface area contributed by atoms with Crippen LogP contribution in [0.25, 0.3) is 0 Å². The van der Waals surface area contributed by atoms with E-state index in [0.29, 0.717) is 6.04 Å². The summed E-state index contributed by atoms with van der Waals surface area (Å²) in [6, 6.07) is 0.649. The summed E-state index contributed by atoms with van der Waals surface area (Å²) in [5, 5.41) is 3.63. The highest BCUT2D eigenvalue weighted by atomic mass is 14.9. The molecule has 0 bridgehead atoms. The zero-order valence-corrected chi connectivity index (χ0v) is 10.9. The SMILES string of the molecule is CCCCC(CNC(C)C)C1CCCC1. The van der Waals surface area contributed by atoms with Crippen LogP contribution in [0.1, 0.15) is 65.7 Å². The van der Waals surface area contributed by atoms with Gasteiger partial charge in [-0.2, -0.15) is 0 Å². The van der Waals surface area contributed by atoms with Crippen molar-refractivity contribution in [1.29, 1.82) is 0 Å². The molecule has 1 N–H and O–H groups in total. The van der Waals surface area contributed by atoms with Gasteiger partial charge in [0.15, 0.2) is 0 Å². The average molecular weight is 211 g/mol. The minimum Gasteiger partial charge on any atom is -0.314 e. The molecule has 1 aliphatic rings. The first-order valence-corrected chi connectivity index (χ1v) is 6.97. The van der Waals surface area contributed by atoms with Gasteiger partial charge in [0.25, 0.3) is 0 Å². The summed E-state index contributed by atoms with van der Waals surface area (Å²) in [6.45, 7) is 8.07. The molecule has 0 aromatic carbocycles. The fourth-order valence-corrected chi connectivity index (χ4v) is 2.79. The Hall–Kier alpha value is -0.0400. The molecule has 1 aliphatic carbocycles. The normalized spacial score (nSPS) is 20.0. The molecule has 0 aliphatic heterocycles. The lowest BCUT2D eigenvalue weighted by atomic mass is 9.86. The number of hydrogen-bond acceptors (Lipinski definition) is 1. The Labute approximate surface area is 96.0 Å². The van der Waals surface area contributed by atoms with E-state index in [1.807, 2.05) is 0 Å². The van der Waals surface area contributed by atoms with E-state index in [2.05, 4.69) is 26.1 Å². The van der Waals surface area contributed by atoms with Crippen molar-refractivity contribution in [2.24, 2.45) is 11.8 Å². The molecule has 1 unspecified atom stereocenters. The highest BCUT2D eigenvalue weighted by Gasteiger charge is 2.24. The van der Waals surface area contributed by atoms with Gasteiger partial charge < -0.3 is 5.32 Å². The molecular weight excluding hydrogens is 182 g/mol. The van der Waals surface area contributed by atoms with Crippen LogP contribution >= 0.6 is 0 Å². The largest absolute Gasteiger partial charge is 0.314 e. The van der Waals surface area contributed by atoms with Crippen molar-refractivity contribution < 1.29 is 0 Å². The Morgan fingerprint density at radius 3 is 2.40 bits per heavy atom. The molecule has 1 fully saturated rings.